The molecule has 0 aromatic heterocycles. The molecule has 0 heterocycles. The molecule has 0 saturated heterocycles. The van der Waals surface area contributed by atoms with E-state index in [1.54, 1.807) is 0 Å². The lowest BCUT2D eigenvalue weighted by atomic mass is 10.0. The SMILES string of the molecule is O=C(O)c1ccc(Cl)c(C(=O)Cl)c1C(=O)O. The van der Waals surface area contributed by atoms with Crippen LogP contribution in [0.15, 0.2) is 12.1 Å². The van der Waals surface area contributed by atoms with Gasteiger partial charge in [-0.05, 0) is 23.7 Å². The zero-order chi connectivity index (χ0) is 12.5. The lowest BCUT2D eigenvalue weighted by molar-refractivity contribution is 0.0650. The van der Waals surface area contributed by atoms with Gasteiger partial charge >= 0.3 is 11.9 Å². The molecule has 1 rings (SSSR count). The van der Waals surface area contributed by atoms with Crippen LogP contribution in [0, 0.1) is 0 Å². The molecule has 0 bridgehead atoms. The summed E-state index contributed by atoms with van der Waals surface area (Å²) in [5.41, 5.74) is -1.77. The molecule has 0 unspecified atom stereocenters. The maximum atomic E-state index is 11.0. The number of halogens is 2. The van der Waals surface area contributed by atoms with Gasteiger partial charge in [0.1, 0.15) is 0 Å². The minimum Gasteiger partial charge on any atom is -0.478 e. The highest BCUT2D eigenvalue weighted by Gasteiger charge is 2.25. The summed E-state index contributed by atoms with van der Waals surface area (Å²) in [6, 6.07) is 2.10. The van der Waals surface area contributed by atoms with E-state index in [0.717, 1.165) is 12.1 Å². The van der Waals surface area contributed by atoms with Crippen molar-refractivity contribution in [1.29, 1.82) is 0 Å². The molecule has 0 saturated carbocycles. The van der Waals surface area contributed by atoms with Crippen LogP contribution in [0.3, 0.4) is 0 Å². The number of carboxylic acid groups (broad SMARTS) is 2. The fraction of sp³-hybridized carbons (Fsp3) is 0. The minimum atomic E-state index is -1.58. The molecular weight excluding hydrogens is 259 g/mol. The molecule has 0 aliphatic carbocycles. The zero-order valence-corrected chi connectivity index (χ0v) is 9.04. The Bertz CT molecular complexity index is 495. The summed E-state index contributed by atoms with van der Waals surface area (Å²) in [7, 11) is 0. The second kappa shape index (κ2) is 4.51. The normalized spacial score (nSPS) is 9.88. The van der Waals surface area contributed by atoms with Crippen molar-refractivity contribution in [2.75, 3.05) is 0 Å². The summed E-state index contributed by atoms with van der Waals surface area (Å²) in [5.74, 6) is -3.06. The van der Waals surface area contributed by atoms with E-state index in [1.807, 2.05) is 0 Å². The quantitative estimate of drug-likeness (QED) is 0.815. The molecular formula is C9H4Cl2O5. The van der Waals surface area contributed by atoms with E-state index in [2.05, 4.69) is 0 Å². The first-order valence-corrected chi connectivity index (χ1v) is 4.60. The Morgan fingerprint density at radius 3 is 1.94 bits per heavy atom. The molecule has 2 N–H and O–H groups in total. The van der Waals surface area contributed by atoms with Gasteiger partial charge in [0.15, 0.2) is 0 Å². The second-order valence-corrected chi connectivity index (χ2v) is 3.48. The number of carbonyl (C=O) groups excluding carboxylic acids is 1. The van der Waals surface area contributed by atoms with Crippen molar-refractivity contribution in [3.8, 4) is 0 Å². The van der Waals surface area contributed by atoms with Gasteiger partial charge in [0.05, 0.1) is 21.7 Å². The third-order valence-corrected chi connectivity index (χ3v) is 2.30. The fourth-order valence-corrected chi connectivity index (χ4v) is 1.66. The molecule has 1 aromatic rings. The molecule has 0 spiro atoms. The minimum absolute atomic E-state index is 0.206. The van der Waals surface area contributed by atoms with E-state index in [-0.39, 0.29) is 5.02 Å². The van der Waals surface area contributed by atoms with Crippen LogP contribution in [-0.4, -0.2) is 27.4 Å². The Morgan fingerprint density at radius 2 is 1.56 bits per heavy atom. The number of carboxylic acids is 2. The molecule has 0 radical (unpaired) electrons. The largest absolute Gasteiger partial charge is 0.478 e. The predicted molar refractivity (Wildman–Crippen MR) is 55.6 cm³/mol. The van der Waals surface area contributed by atoms with Gasteiger partial charge < -0.3 is 10.2 Å². The number of hydrogen-bond acceptors (Lipinski definition) is 3. The highest BCUT2D eigenvalue weighted by Crippen LogP contribution is 2.25. The monoisotopic (exact) mass is 262 g/mol. The molecule has 0 fully saturated rings. The molecule has 0 atom stereocenters. The maximum absolute atomic E-state index is 11.0. The Hall–Kier alpha value is -1.59. The van der Waals surface area contributed by atoms with Gasteiger partial charge in [-0.2, -0.15) is 0 Å². The highest BCUT2D eigenvalue weighted by atomic mass is 35.5. The van der Waals surface area contributed by atoms with Crippen molar-refractivity contribution in [3.63, 3.8) is 0 Å². The Morgan fingerprint density at radius 1 is 1.00 bits per heavy atom. The number of aromatic carboxylic acids is 2. The number of benzene rings is 1. The van der Waals surface area contributed by atoms with Crippen LogP contribution < -0.4 is 0 Å². The number of hydrogen-bond donors (Lipinski definition) is 2. The Balaban J connectivity index is 3.70. The van der Waals surface area contributed by atoms with Crippen molar-refractivity contribution < 1.29 is 24.6 Å². The molecule has 0 amide bonds. The van der Waals surface area contributed by atoms with Crippen LogP contribution in [0.2, 0.25) is 5.02 Å². The van der Waals surface area contributed by atoms with Crippen molar-refractivity contribution in [3.05, 3.63) is 33.8 Å². The zero-order valence-electron chi connectivity index (χ0n) is 7.53. The molecule has 7 heteroatoms. The van der Waals surface area contributed by atoms with E-state index in [4.69, 9.17) is 33.4 Å². The smallest absolute Gasteiger partial charge is 0.337 e. The van der Waals surface area contributed by atoms with E-state index in [1.165, 1.54) is 0 Å². The van der Waals surface area contributed by atoms with Crippen LogP contribution >= 0.6 is 23.2 Å². The topological polar surface area (TPSA) is 91.7 Å². The molecule has 16 heavy (non-hydrogen) atoms. The second-order valence-electron chi connectivity index (χ2n) is 2.73. The van der Waals surface area contributed by atoms with Gasteiger partial charge in [-0.3, -0.25) is 4.79 Å². The first-order chi connectivity index (χ1) is 7.36. The van der Waals surface area contributed by atoms with Gasteiger partial charge in [0.25, 0.3) is 5.24 Å². The van der Waals surface area contributed by atoms with Crippen LogP contribution in [0.5, 0.6) is 0 Å². The summed E-state index contributed by atoms with van der Waals surface area (Å²) in [6.07, 6.45) is 0. The van der Waals surface area contributed by atoms with Gasteiger partial charge in [0, 0.05) is 0 Å². The summed E-state index contributed by atoms with van der Waals surface area (Å²) in [4.78, 5) is 32.6. The van der Waals surface area contributed by atoms with Gasteiger partial charge in [-0.25, -0.2) is 9.59 Å². The third kappa shape index (κ3) is 2.15. The molecule has 84 valence electrons. The fourth-order valence-electron chi connectivity index (χ4n) is 1.17. The molecule has 5 nitrogen and oxygen atoms in total. The average molecular weight is 263 g/mol. The third-order valence-electron chi connectivity index (χ3n) is 1.80. The van der Waals surface area contributed by atoms with Gasteiger partial charge in [-0.1, -0.05) is 11.6 Å². The lowest BCUT2D eigenvalue weighted by Crippen LogP contribution is -2.13. The molecule has 0 aliphatic rings. The molecule has 0 aliphatic heterocycles. The Labute approximate surface area is 99.2 Å². The van der Waals surface area contributed by atoms with E-state index in [0.29, 0.717) is 0 Å². The van der Waals surface area contributed by atoms with Crippen LogP contribution in [0.25, 0.3) is 0 Å². The van der Waals surface area contributed by atoms with Gasteiger partial charge in [0.2, 0.25) is 0 Å². The molecule has 1 aromatic carbocycles. The summed E-state index contributed by atoms with van der Waals surface area (Å²) in [6.45, 7) is 0. The van der Waals surface area contributed by atoms with Crippen LogP contribution in [0.4, 0.5) is 0 Å². The van der Waals surface area contributed by atoms with E-state index in [9.17, 15) is 14.4 Å². The number of rotatable bonds is 3. The van der Waals surface area contributed by atoms with Crippen molar-refractivity contribution in [2.24, 2.45) is 0 Å². The lowest BCUT2D eigenvalue weighted by Gasteiger charge is -2.07. The number of carbonyl (C=O) groups is 3. The van der Waals surface area contributed by atoms with E-state index < -0.39 is 33.9 Å². The van der Waals surface area contributed by atoms with Gasteiger partial charge in [-0.15, -0.1) is 0 Å². The van der Waals surface area contributed by atoms with Crippen LogP contribution in [-0.2, 0) is 0 Å². The maximum Gasteiger partial charge on any atom is 0.337 e. The first kappa shape index (κ1) is 12.5. The van der Waals surface area contributed by atoms with Crippen LogP contribution in [0.1, 0.15) is 31.1 Å². The Kier molecular flexibility index (Phi) is 3.51. The van der Waals surface area contributed by atoms with Crippen molar-refractivity contribution >= 4 is 40.4 Å². The van der Waals surface area contributed by atoms with E-state index >= 15 is 0 Å². The summed E-state index contributed by atoms with van der Waals surface area (Å²) in [5, 5.41) is 16.3. The first-order valence-electron chi connectivity index (χ1n) is 3.85. The summed E-state index contributed by atoms with van der Waals surface area (Å²) >= 11 is 10.7. The highest BCUT2D eigenvalue weighted by molar-refractivity contribution is 6.69. The van der Waals surface area contributed by atoms with Crippen molar-refractivity contribution in [2.45, 2.75) is 0 Å². The van der Waals surface area contributed by atoms with Crippen molar-refractivity contribution in [1.82, 2.24) is 0 Å². The average Bonchev–Trinajstić information content (AvgIpc) is 2.15. The summed E-state index contributed by atoms with van der Waals surface area (Å²) < 4.78 is 0. The standard InChI is InChI=1S/C9H4Cl2O5/c10-4-2-1-3(8(13)14)5(9(15)16)6(4)7(11)12/h1-2H,(H,13,14)(H,15,16). The predicted octanol–water partition coefficient (Wildman–Crippen LogP) is 2.12.